The van der Waals surface area contributed by atoms with E-state index in [4.69, 9.17) is 16.3 Å². The molecule has 0 atom stereocenters. The van der Waals surface area contributed by atoms with Crippen molar-refractivity contribution in [1.82, 2.24) is 4.90 Å². The second-order valence-corrected chi connectivity index (χ2v) is 5.99. The minimum atomic E-state index is -0.635. The molecule has 21 heavy (non-hydrogen) atoms. The Balaban J connectivity index is 2.11. The summed E-state index contributed by atoms with van der Waals surface area (Å²) in [6, 6.07) is 3.99. The molecule has 1 aliphatic rings. The largest absolute Gasteiger partial charge is 0.396 e. The highest BCUT2D eigenvalue weighted by molar-refractivity contribution is 6.30. The van der Waals surface area contributed by atoms with Crippen LogP contribution in [-0.2, 0) is 4.74 Å². The topological polar surface area (TPSA) is 49.8 Å². The molecule has 6 heteroatoms. The predicted octanol–water partition coefficient (Wildman–Crippen LogP) is 2.34. The maximum absolute atomic E-state index is 13.8. The summed E-state index contributed by atoms with van der Waals surface area (Å²) in [5.41, 5.74) is -0.381. The molecule has 116 valence electrons. The summed E-state index contributed by atoms with van der Waals surface area (Å²) >= 11 is 5.69. The lowest BCUT2D eigenvalue weighted by Gasteiger charge is -2.38. The van der Waals surface area contributed by atoms with Crippen LogP contribution in [0.15, 0.2) is 18.2 Å². The standard InChI is InChI=1S/C15H19ClFNO3/c1-18(9-15(10-19)4-6-21-7-5-15)14(20)12-3-2-11(16)8-13(12)17/h2-3,8,19H,4-7,9-10H2,1H3. The molecular formula is C15H19ClFNO3. The zero-order valence-electron chi connectivity index (χ0n) is 11.9. The van der Waals surface area contributed by atoms with Gasteiger partial charge in [-0.05, 0) is 31.0 Å². The van der Waals surface area contributed by atoms with Crippen molar-refractivity contribution in [2.24, 2.45) is 5.41 Å². The van der Waals surface area contributed by atoms with E-state index >= 15 is 0 Å². The number of aliphatic hydroxyl groups excluding tert-OH is 1. The van der Waals surface area contributed by atoms with Gasteiger partial charge in [0.05, 0.1) is 12.2 Å². The van der Waals surface area contributed by atoms with Crippen LogP contribution in [0.4, 0.5) is 4.39 Å². The number of benzene rings is 1. The average Bonchev–Trinajstić information content (AvgIpc) is 2.47. The Morgan fingerprint density at radius 3 is 2.71 bits per heavy atom. The highest BCUT2D eigenvalue weighted by atomic mass is 35.5. The lowest BCUT2D eigenvalue weighted by Crippen LogP contribution is -2.44. The van der Waals surface area contributed by atoms with E-state index in [0.29, 0.717) is 32.6 Å². The normalized spacial score (nSPS) is 17.5. The van der Waals surface area contributed by atoms with Gasteiger partial charge in [0.25, 0.3) is 5.91 Å². The van der Waals surface area contributed by atoms with E-state index in [1.54, 1.807) is 7.05 Å². The molecule has 4 nitrogen and oxygen atoms in total. The van der Waals surface area contributed by atoms with E-state index in [2.05, 4.69) is 0 Å². The Labute approximate surface area is 128 Å². The highest BCUT2D eigenvalue weighted by Gasteiger charge is 2.34. The molecule has 2 rings (SSSR count). The number of hydrogen-bond donors (Lipinski definition) is 1. The summed E-state index contributed by atoms with van der Waals surface area (Å²) in [6.07, 6.45) is 1.37. The quantitative estimate of drug-likeness (QED) is 0.928. The second kappa shape index (κ2) is 6.73. The Kier molecular flexibility index (Phi) is 5.19. The number of rotatable bonds is 4. The molecule has 1 fully saturated rings. The lowest BCUT2D eigenvalue weighted by atomic mass is 9.80. The Hall–Kier alpha value is -1.17. The van der Waals surface area contributed by atoms with Crippen LogP contribution in [0.5, 0.6) is 0 Å². The summed E-state index contributed by atoms with van der Waals surface area (Å²) in [7, 11) is 1.61. The minimum Gasteiger partial charge on any atom is -0.396 e. The third kappa shape index (κ3) is 3.73. The predicted molar refractivity (Wildman–Crippen MR) is 77.9 cm³/mol. The molecule has 1 N–H and O–H groups in total. The molecule has 0 aromatic heterocycles. The van der Waals surface area contributed by atoms with Crippen molar-refractivity contribution in [3.05, 3.63) is 34.6 Å². The number of hydrogen-bond acceptors (Lipinski definition) is 3. The first-order valence-electron chi connectivity index (χ1n) is 6.86. The van der Waals surface area contributed by atoms with Gasteiger partial charge < -0.3 is 14.7 Å². The molecule has 0 bridgehead atoms. The van der Waals surface area contributed by atoms with Crippen LogP contribution in [0.1, 0.15) is 23.2 Å². The van der Waals surface area contributed by atoms with Crippen LogP contribution in [0.25, 0.3) is 0 Å². The van der Waals surface area contributed by atoms with E-state index in [-0.39, 0.29) is 22.6 Å². The van der Waals surface area contributed by atoms with Gasteiger partial charge in [-0.15, -0.1) is 0 Å². The van der Waals surface area contributed by atoms with Crippen LogP contribution in [-0.4, -0.2) is 49.3 Å². The van der Waals surface area contributed by atoms with E-state index < -0.39 is 11.7 Å². The zero-order chi connectivity index (χ0) is 15.5. The maximum Gasteiger partial charge on any atom is 0.256 e. The van der Waals surface area contributed by atoms with E-state index in [9.17, 15) is 14.3 Å². The minimum absolute atomic E-state index is 0.0120. The number of ether oxygens (including phenoxy) is 1. The second-order valence-electron chi connectivity index (χ2n) is 5.56. The van der Waals surface area contributed by atoms with Gasteiger partial charge >= 0.3 is 0 Å². The van der Waals surface area contributed by atoms with Gasteiger partial charge in [0.1, 0.15) is 5.82 Å². The average molecular weight is 316 g/mol. The summed E-state index contributed by atoms with van der Waals surface area (Å²) in [5, 5.41) is 9.90. The van der Waals surface area contributed by atoms with Crippen molar-refractivity contribution in [2.45, 2.75) is 12.8 Å². The third-order valence-electron chi connectivity index (χ3n) is 3.97. The van der Waals surface area contributed by atoms with Gasteiger partial charge in [-0.2, -0.15) is 0 Å². The molecule has 0 unspecified atom stereocenters. The van der Waals surface area contributed by atoms with E-state index in [1.165, 1.54) is 17.0 Å². The number of aliphatic hydroxyl groups is 1. The van der Waals surface area contributed by atoms with Crippen LogP contribution < -0.4 is 0 Å². The summed E-state index contributed by atoms with van der Waals surface area (Å²) in [6.45, 7) is 1.49. The van der Waals surface area contributed by atoms with Crippen LogP contribution >= 0.6 is 11.6 Å². The molecule has 1 heterocycles. The molecule has 0 aliphatic carbocycles. The molecule has 1 amide bonds. The number of carbonyl (C=O) groups excluding carboxylic acids is 1. The molecule has 1 saturated heterocycles. The van der Waals surface area contributed by atoms with E-state index in [1.807, 2.05) is 0 Å². The summed E-state index contributed by atoms with van der Waals surface area (Å²) in [5.74, 6) is -1.05. The van der Waals surface area contributed by atoms with Gasteiger partial charge in [-0.1, -0.05) is 11.6 Å². The first-order chi connectivity index (χ1) is 9.97. The molecular weight excluding hydrogens is 297 g/mol. The Morgan fingerprint density at radius 1 is 1.48 bits per heavy atom. The fraction of sp³-hybridized carbons (Fsp3) is 0.533. The third-order valence-corrected chi connectivity index (χ3v) is 4.20. The van der Waals surface area contributed by atoms with Crippen LogP contribution in [0, 0.1) is 11.2 Å². The lowest BCUT2D eigenvalue weighted by molar-refractivity contribution is -0.0283. The summed E-state index contributed by atoms with van der Waals surface area (Å²) < 4.78 is 19.1. The van der Waals surface area contributed by atoms with Crippen molar-refractivity contribution in [2.75, 3.05) is 33.4 Å². The van der Waals surface area contributed by atoms with Crippen LogP contribution in [0.2, 0.25) is 5.02 Å². The molecule has 0 radical (unpaired) electrons. The van der Waals surface area contributed by atoms with Crippen molar-refractivity contribution >= 4 is 17.5 Å². The highest BCUT2D eigenvalue weighted by Crippen LogP contribution is 2.31. The Bertz CT molecular complexity index is 518. The number of halogens is 2. The van der Waals surface area contributed by atoms with Crippen molar-refractivity contribution in [1.29, 1.82) is 0 Å². The first kappa shape index (κ1) is 16.2. The summed E-state index contributed by atoms with van der Waals surface area (Å²) in [4.78, 5) is 13.8. The van der Waals surface area contributed by atoms with Gasteiger partial charge in [0.2, 0.25) is 0 Å². The van der Waals surface area contributed by atoms with Crippen molar-refractivity contribution in [3.63, 3.8) is 0 Å². The fourth-order valence-corrected chi connectivity index (χ4v) is 2.77. The van der Waals surface area contributed by atoms with Crippen LogP contribution in [0.3, 0.4) is 0 Å². The Morgan fingerprint density at radius 2 is 2.14 bits per heavy atom. The van der Waals surface area contributed by atoms with Crippen molar-refractivity contribution < 1.29 is 19.0 Å². The molecule has 0 spiro atoms. The smallest absolute Gasteiger partial charge is 0.256 e. The van der Waals surface area contributed by atoms with Gasteiger partial charge in [0.15, 0.2) is 0 Å². The number of nitrogens with zero attached hydrogens (tertiary/aromatic N) is 1. The monoisotopic (exact) mass is 315 g/mol. The number of amides is 1. The molecule has 1 aliphatic heterocycles. The maximum atomic E-state index is 13.8. The zero-order valence-corrected chi connectivity index (χ0v) is 12.7. The molecule has 0 saturated carbocycles. The SMILES string of the molecule is CN(CC1(CO)CCOCC1)C(=O)c1ccc(Cl)cc1F. The molecule has 1 aromatic rings. The van der Waals surface area contributed by atoms with Crippen molar-refractivity contribution in [3.8, 4) is 0 Å². The van der Waals surface area contributed by atoms with Gasteiger partial charge in [-0.3, -0.25) is 4.79 Å². The van der Waals surface area contributed by atoms with E-state index in [0.717, 1.165) is 6.07 Å². The first-order valence-corrected chi connectivity index (χ1v) is 7.24. The number of carbonyl (C=O) groups is 1. The fourth-order valence-electron chi connectivity index (χ4n) is 2.61. The molecule has 1 aromatic carbocycles. The van der Waals surface area contributed by atoms with Gasteiger partial charge in [-0.25, -0.2) is 4.39 Å². The van der Waals surface area contributed by atoms with Gasteiger partial charge in [0, 0.05) is 37.2 Å².